The van der Waals surface area contributed by atoms with E-state index in [0.29, 0.717) is 25.5 Å². The maximum absolute atomic E-state index is 12.2. The van der Waals surface area contributed by atoms with Gasteiger partial charge in [-0.3, -0.25) is 9.59 Å². The van der Waals surface area contributed by atoms with Crippen LogP contribution in [0.15, 0.2) is 12.2 Å². The van der Waals surface area contributed by atoms with E-state index in [9.17, 15) is 9.59 Å². The van der Waals surface area contributed by atoms with Gasteiger partial charge in [-0.1, -0.05) is 12.2 Å². The molecule has 2 rings (SSSR count). The van der Waals surface area contributed by atoms with Crippen molar-refractivity contribution in [2.75, 3.05) is 19.7 Å². The molecule has 1 amide bonds. The van der Waals surface area contributed by atoms with Crippen LogP contribution in [0.1, 0.15) is 39.0 Å². The van der Waals surface area contributed by atoms with Crippen LogP contribution in [-0.2, 0) is 14.3 Å². The SMILES string of the molecule is CCOC(=O)[C@H]1CCCN(C(=O)C[C@H]2C=CCC2)C1. The molecule has 1 fully saturated rings. The summed E-state index contributed by atoms with van der Waals surface area (Å²) in [6, 6.07) is 0. The molecule has 0 bridgehead atoms. The van der Waals surface area contributed by atoms with Crippen molar-refractivity contribution in [3.05, 3.63) is 12.2 Å². The molecule has 4 nitrogen and oxygen atoms in total. The predicted octanol–water partition coefficient (Wildman–Crippen LogP) is 2.14. The van der Waals surface area contributed by atoms with Crippen LogP contribution in [-0.4, -0.2) is 36.5 Å². The molecule has 1 saturated heterocycles. The van der Waals surface area contributed by atoms with Gasteiger partial charge in [0.05, 0.1) is 12.5 Å². The fourth-order valence-electron chi connectivity index (χ4n) is 2.87. The number of carbonyl (C=O) groups excluding carboxylic acids is 2. The van der Waals surface area contributed by atoms with Crippen molar-refractivity contribution in [3.63, 3.8) is 0 Å². The first kappa shape index (κ1) is 14.1. The molecule has 19 heavy (non-hydrogen) atoms. The molecule has 0 N–H and O–H groups in total. The van der Waals surface area contributed by atoms with Gasteiger partial charge in [-0.15, -0.1) is 0 Å². The lowest BCUT2D eigenvalue weighted by molar-refractivity contribution is -0.151. The molecule has 0 aromatic heterocycles. The van der Waals surface area contributed by atoms with Crippen molar-refractivity contribution in [2.24, 2.45) is 11.8 Å². The molecule has 0 unspecified atom stereocenters. The van der Waals surface area contributed by atoms with E-state index in [1.807, 2.05) is 11.8 Å². The van der Waals surface area contributed by atoms with E-state index in [2.05, 4.69) is 12.2 Å². The topological polar surface area (TPSA) is 46.6 Å². The smallest absolute Gasteiger partial charge is 0.310 e. The largest absolute Gasteiger partial charge is 0.466 e. The number of esters is 1. The molecule has 0 saturated carbocycles. The lowest BCUT2D eigenvalue weighted by Crippen LogP contribution is -2.43. The molecular weight excluding hydrogens is 242 g/mol. The lowest BCUT2D eigenvalue weighted by atomic mass is 9.96. The summed E-state index contributed by atoms with van der Waals surface area (Å²) in [6.07, 6.45) is 8.79. The Kier molecular flexibility index (Phi) is 5.00. The Balaban J connectivity index is 1.84. The number of likely N-dealkylation sites (tertiary alicyclic amines) is 1. The Morgan fingerprint density at radius 3 is 2.89 bits per heavy atom. The zero-order valence-corrected chi connectivity index (χ0v) is 11.6. The Morgan fingerprint density at radius 1 is 1.37 bits per heavy atom. The lowest BCUT2D eigenvalue weighted by Gasteiger charge is -2.32. The first-order chi connectivity index (χ1) is 9.20. The second-order valence-corrected chi connectivity index (χ2v) is 5.40. The number of allylic oxidation sites excluding steroid dienone is 2. The number of piperidine rings is 1. The fraction of sp³-hybridized carbons (Fsp3) is 0.733. The van der Waals surface area contributed by atoms with Gasteiger partial charge in [0.2, 0.25) is 5.91 Å². The summed E-state index contributed by atoms with van der Waals surface area (Å²) in [5.41, 5.74) is 0. The predicted molar refractivity (Wildman–Crippen MR) is 72.4 cm³/mol. The van der Waals surface area contributed by atoms with Gasteiger partial charge >= 0.3 is 5.97 Å². The maximum Gasteiger partial charge on any atom is 0.310 e. The van der Waals surface area contributed by atoms with Crippen LogP contribution in [0.2, 0.25) is 0 Å². The van der Waals surface area contributed by atoms with E-state index >= 15 is 0 Å². The standard InChI is InChI=1S/C15H23NO3/c1-2-19-15(18)13-8-5-9-16(11-13)14(17)10-12-6-3-4-7-12/h3,6,12-13H,2,4-5,7-11H2,1H3/t12-,13-/m0/s1. The summed E-state index contributed by atoms with van der Waals surface area (Å²) >= 11 is 0. The van der Waals surface area contributed by atoms with E-state index in [1.54, 1.807) is 0 Å². The number of amides is 1. The minimum atomic E-state index is -0.152. The Hall–Kier alpha value is -1.32. The van der Waals surface area contributed by atoms with Crippen molar-refractivity contribution < 1.29 is 14.3 Å². The monoisotopic (exact) mass is 265 g/mol. The molecular formula is C15H23NO3. The number of carbonyl (C=O) groups is 2. The van der Waals surface area contributed by atoms with Crippen LogP contribution < -0.4 is 0 Å². The molecule has 0 aromatic carbocycles. The summed E-state index contributed by atoms with van der Waals surface area (Å²) in [5, 5.41) is 0. The summed E-state index contributed by atoms with van der Waals surface area (Å²) < 4.78 is 5.05. The number of hydrogen-bond acceptors (Lipinski definition) is 3. The summed E-state index contributed by atoms with van der Waals surface area (Å²) in [5.74, 6) is 0.304. The average molecular weight is 265 g/mol. The van der Waals surface area contributed by atoms with E-state index in [0.717, 1.165) is 32.2 Å². The summed E-state index contributed by atoms with van der Waals surface area (Å²) in [4.78, 5) is 25.8. The van der Waals surface area contributed by atoms with Gasteiger partial charge in [-0.2, -0.15) is 0 Å². The van der Waals surface area contributed by atoms with E-state index in [1.165, 1.54) is 0 Å². The highest BCUT2D eigenvalue weighted by Gasteiger charge is 2.30. The van der Waals surface area contributed by atoms with Crippen LogP contribution in [0.25, 0.3) is 0 Å². The van der Waals surface area contributed by atoms with Crippen LogP contribution in [0.4, 0.5) is 0 Å². The van der Waals surface area contributed by atoms with Crippen LogP contribution >= 0.6 is 0 Å². The second kappa shape index (κ2) is 6.73. The Labute approximate surface area is 114 Å². The van der Waals surface area contributed by atoms with Gasteiger partial charge in [-0.05, 0) is 38.5 Å². The van der Waals surface area contributed by atoms with E-state index in [4.69, 9.17) is 4.74 Å². The van der Waals surface area contributed by atoms with Crippen molar-refractivity contribution in [1.29, 1.82) is 0 Å². The minimum Gasteiger partial charge on any atom is -0.466 e. The summed E-state index contributed by atoms with van der Waals surface area (Å²) in [6.45, 7) is 3.55. The van der Waals surface area contributed by atoms with Gasteiger partial charge in [0.15, 0.2) is 0 Å². The summed E-state index contributed by atoms with van der Waals surface area (Å²) in [7, 11) is 0. The number of ether oxygens (including phenoxy) is 1. The number of nitrogens with zero attached hydrogens (tertiary/aromatic N) is 1. The van der Waals surface area contributed by atoms with Crippen LogP contribution in [0.3, 0.4) is 0 Å². The molecule has 2 aliphatic rings. The van der Waals surface area contributed by atoms with Gasteiger partial charge in [0.25, 0.3) is 0 Å². The highest BCUT2D eigenvalue weighted by atomic mass is 16.5. The number of rotatable bonds is 4. The van der Waals surface area contributed by atoms with Crippen molar-refractivity contribution in [2.45, 2.75) is 39.0 Å². The van der Waals surface area contributed by atoms with Gasteiger partial charge in [0.1, 0.15) is 0 Å². The van der Waals surface area contributed by atoms with Crippen molar-refractivity contribution in [1.82, 2.24) is 4.90 Å². The molecule has 2 atom stereocenters. The fourth-order valence-corrected chi connectivity index (χ4v) is 2.87. The third kappa shape index (κ3) is 3.82. The van der Waals surface area contributed by atoms with E-state index < -0.39 is 0 Å². The highest BCUT2D eigenvalue weighted by Crippen LogP contribution is 2.24. The van der Waals surface area contributed by atoms with Crippen LogP contribution in [0, 0.1) is 11.8 Å². The maximum atomic E-state index is 12.2. The second-order valence-electron chi connectivity index (χ2n) is 5.40. The van der Waals surface area contributed by atoms with Crippen molar-refractivity contribution >= 4 is 11.9 Å². The molecule has 106 valence electrons. The molecule has 0 aromatic rings. The zero-order chi connectivity index (χ0) is 13.7. The van der Waals surface area contributed by atoms with Gasteiger partial charge < -0.3 is 9.64 Å². The Morgan fingerprint density at radius 2 is 2.21 bits per heavy atom. The normalized spacial score (nSPS) is 26.5. The van der Waals surface area contributed by atoms with Gasteiger partial charge in [-0.25, -0.2) is 0 Å². The third-order valence-corrected chi connectivity index (χ3v) is 3.94. The molecule has 0 spiro atoms. The van der Waals surface area contributed by atoms with Gasteiger partial charge in [0, 0.05) is 19.5 Å². The zero-order valence-electron chi connectivity index (χ0n) is 11.6. The third-order valence-electron chi connectivity index (χ3n) is 3.94. The van der Waals surface area contributed by atoms with Crippen molar-refractivity contribution in [3.8, 4) is 0 Å². The molecule has 1 heterocycles. The quantitative estimate of drug-likeness (QED) is 0.578. The minimum absolute atomic E-state index is 0.128. The Bertz CT molecular complexity index is 364. The molecule has 4 heteroatoms. The first-order valence-corrected chi connectivity index (χ1v) is 7.31. The highest BCUT2D eigenvalue weighted by molar-refractivity contribution is 5.79. The first-order valence-electron chi connectivity index (χ1n) is 7.31. The molecule has 1 aliphatic carbocycles. The number of hydrogen-bond donors (Lipinski definition) is 0. The molecule has 1 aliphatic heterocycles. The molecule has 0 radical (unpaired) electrons. The van der Waals surface area contributed by atoms with E-state index in [-0.39, 0.29) is 17.8 Å². The average Bonchev–Trinajstić information content (AvgIpc) is 2.92. The van der Waals surface area contributed by atoms with Crippen LogP contribution in [0.5, 0.6) is 0 Å².